The second kappa shape index (κ2) is 10.5. The molecular weight excluding hydrogens is 520 g/mol. The third-order valence-electron chi connectivity index (χ3n) is 9.34. The molecule has 3 aliphatic carbocycles. The molecule has 0 radical (unpaired) electrons. The van der Waals surface area contributed by atoms with Gasteiger partial charge in [0.25, 0.3) is 0 Å². The molecule has 6 atom stereocenters. The topological polar surface area (TPSA) is 146 Å². The van der Waals surface area contributed by atoms with Gasteiger partial charge in [0.05, 0.1) is 12.8 Å². The van der Waals surface area contributed by atoms with E-state index in [4.69, 9.17) is 9.84 Å². The average molecular weight is 557 g/mol. The maximum Gasteiger partial charge on any atom is 0.308 e. The monoisotopic (exact) mass is 556 g/mol. The van der Waals surface area contributed by atoms with Gasteiger partial charge in [-0.05, 0) is 86.0 Å². The highest BCUT2D eigenvalue weighted by atomic mass is 32.1. The molecule has 5 rings (SSSR count). The molecule has 4 N–H and O–H groups in total. The fourth-order valence-electron chi connectivity index (χ4n) is 7.66. The van der Waals surface area contributed by atoms with Crippen LogP contribution in [0.15, 0.2) is 24.4 Å². The first kappa shape index (κ1) is 27.6. The second-order valence-corrected chi connectivity index (χ2v) is 12.9. The first-order valence-corrected chi connectivity index (χ1v) is 14.5. The van der Waals surface area contributed by atoms with Crippen LogP contribution in [-0.2, 0) is 25.5 Å². The Morgan fingerprint density at radius 1 is 1.21 bits per heavy atom. The van der Waals surface area contributed by atoms with Crippen LogP contribution in [0, 0.1) is 30.1 Å². The Kier molecular flexibility index (Phi) is 7.45. The fraction of sp³-hybridized carbons (Fsp3) is 0.586. The number of aromatic hydroxyl groups is 1. The predicted octanol–water partition coefficient (Wildman–Crippen LogP) is 4.75. The number of esters is 1. The van der Waals surface area contributed by atoms with Crippen LogP contribution < -0.4 is 5.32 Å². The number of phenols is 1. The van der Waals surface area contributed by atoms with Crippen molar-refractivity contribution in [1.82, 2.24) is 4.98 Å². The summed E-state index contributed by atoms with van der Waals surface area (Å²) < 4.78 is 5.73. The van der Waals surface area contributed by atoms with Crippen molar-refractivity contribution in [2.75, 3.05) is 5.32 Å². The summed E-state index contributed by atoms with van der Waals surface area (Å²) in [5.41, 5.74) is 1.66. The van der Waals surface area contributed by atoms with Crippen molar-refractivity contribution in [2.45, 2.75) is 83.3 Å². The molecule has 10 heteroatoms. The van der Waals surface area contributed by atoms with Crippen molar-refractivity contribution in [3.8, 4) is 5.75 Å². The summed E-state index contributed by atoms with van der Waals surface area (Å²) in [4.78, 5) is 41.7. The molecule has 1 amide bonds. The van der Waals surface area contributed by atoms with Gasteiger partial charge in [0.15, 0.2) is 5.13 Å². The zero-order valence-corrected chi connectivity index (χ0v) is 23.1. The quantitative estimate of drug-likeness (QED) is 0.269. The number of ether oxygens (including phenoxy) is 1. The zero-order valence-electron chi connectivity index (χ0n) is 22.3. The van der Waals surface area contributed by atoms with Crippen molar-refractivity contribution < 1.29 is 34.4 Å². The number of hydrogen-bond donors (Lipinski definition) is 4. The number of hydrogen-bond acceptors (Lipinski definition) is 8. The van der Waals surface area contributed by atoms with E-state index in [1.54, 1.807) is 12.3 Å². The molecule has 0 spiro atoms. The third-order valence-corrected chi connectivity index (χ3v) is 10.2. The number of amides is 1. The van der Waals surface area contributed by atoms with E-state index in [2.05, 4.69) is 10.3 Å². The average Bonchev–Trinajstić information content (AvgIpc) is 3.38. The van der Waals surface area contributed by atoms with E-state index in [0.717, 1.165) is 29.7 Å². The lowest BCUT2D eigenvalue weighted by atomic mass is 9.53. The summed E-state index contributed by atoms with van der Waals surface area (Å²) in [6, 6.07) is 5.58. The van der Waals surface area contributed by atoms with Gasteiger partial charge in [-0.1, -0.05) is 13.0 Å². The molecule has 9 nitrogen and oxygen atoms in total. The van der Waals surface area contributed by atoms with E-state index >= 15 is 0 Å². The van der Waals surface area contributed by atoms with E-state index in [1.807, 2.05) is 26.0 Å². The molecule has 1 heterocycles. The zero-order chi connectivity index (χ0) is 27.9. The van der Waals surface area contributed by atoms with Crippen LogP contribution in [0.2, 0.25) is 0 Å². The number of carbonyl (C=O) groups is 3. The van der Waals surface area contributed by atoms with Gasteiger partial charge in [0.1, 0.15) is 5.75 Å². The lowest BCUT2D eigenvalue weighted by Gasteiger charge is -2.53. The van der Waals surface area contributed by atoms with Gasteiger partial charge in [0, 0.05) is 29.3 Å². The molecule has 2 fully saturated rings. The predicted molar refractivity (Wildman–Crippen MR) is 144 cm³/mol. The van der Waals surface area contributed by atoms with Crippen LogP contribution >= 0.6 is 11.3 Å². The number of thiazole rings is 1. The Balaban J connectivity index is 1.40. The Hall–Kier alpha value is -2.98. The Bertz CT molecular complexity index is 1280. The highest BCUT2D eigenvalue weighted by molar-refractivity contribution is 7.15. The number of benzene rings is 1. The SMILES string of the molecule is Cc1cnc(NC(=O)CCC2C[C@](O)(OC(=O)CCC(=O)O)[C@@]3(C)CCC4c5ccc(O)cc5CCC4C23)s1. The molecule has 39 heavy (non-hydrogen) atoms. The minimum Gasteiger partial charge on any atom is -0.508 e. The minimum absolute atomic E-state index is 0.00499. The summed E-state index contributed by atoms with van der Waals surface area (Å²) in [6.45, 7) is 3.91. The molecule has 2 saturated carbocycles. The van der Waals surface area contributed by atoms with Gasteiger partial charge in [-0.15, -0.1) is 11.3 Å². The van der Waals surface area contributed by atoms with Gasteiger partial charge in [0.2, 0.25) is 11.7 Å². The summed E-state index contributed by atoms with van der Waals surface area (Å²) in [6.07, 6.45) is 5.16. The summed E-state index contributed by atoms with van der Waals surface area (Å²) in [5, 5.41) is 34.4. The molecule has 4 unspecified atom stereocenters. The van der Waals surface area contributed by atoms with Crippen LogP contribution in [0.25, 0.3) is 0 Å². The van der Waals surface area contributed by atoms with Gasteiger partial charge >= 0.3 is 11.9 Å². The number of aliphatic hydroxyl groups is 1. The molecule has 0 aliphatic heterocycles. The van der Waals surface area contributed by atoms with Crippen LogP contribution in [0.4, 0.5) is 5.13 Å². The third kappa shape index (κ3) is 5.28. The normalized spacial score (nSPS) is 31.1. The molecule has 0 bridgehead atoms. The van der Waals surface area contributed by atoms with Gasteiger partial charge in [-0.3, -0.25) is 14.4 Å². The number of nitrogens with one attached hydrogen (secondary N) is 1. The Morgan fingerprint density at radius 3 is 2.72 bits per heavy atom. The fourth-order valence-corrected chi connectivity index (χ4v) is 8.34. The van der Waals surface area contributed by atoms with E-state index < -0.39 is 23.1 Å². The number of carbonyl (C=O) groups excluding carboxylic acids is 2. The molecule has 2 aromatic rings. The van der Waals surface area contributed by atoms with E-state index in [1.165, 1.54) is 16.9 Å². The van der Waals surface area contributed by atoms with Crippen molar-refractivity contribution in [3.63, 3.8) is 0 Å². The van der Waals surface area contributed by atoms with Gasteiger partial charge in [-0.25, -0.2) is 4.98 Å². The molecule has 0 saturated heterocycles. The molecule has 3 aliphatic rings. The number of aryl methyl sites for hydroxylation is 2. The number of phenolic OH excluding ortho intramolecular Hbond substituents is 1. The smallest absolute Gasteiger partial charge is 0.308 e. The number of fused-ring (bicyclic) bond motifs is 5. The number of anilines is 1. The van der Waals surface area contributed by atoms with Crippen LogP contribution in [0.1, 0.15) is 80.2 Å². The molecule has 1 aromatic heterocycles. The number of aliphatic carboxylic acids is 1. The first-order valence-electron chi connectivity index (χ1n) is 13.7. The van der Waals surface area contributed by atoms with Crippen molar-refractivity contribution in [1.29, 1.82) is 0 Å². The van der Waals surface area contributed by atoms with Crippen molar-refractivity contribution >= 4 is 34.3 Å². The van der Waals surface area contributed by atoms with E-state index in [0.29, 0.717) is 18.0 Å². The van der Waals surface area contributed by atoms with Crippen LogP contribution in [0.3, 0.4) is 0 Å². The maximum absolute atomic E-state index is 12.8. The number of nitrogens with zero attached hydrogens (tertiary/aromatic N) is 1. The second-order valence-electron chi connectivity index (χ2n) is 11.7. The number of rotatable bonds is 8. The maximum atomic E-state index is 12.8. The minimum atomic E-state index is -1.74. The summed E-state index contributed by atoms with van der Waals surface area (Å²) in [5.74, 6) is -3.01. The van der Waals surface area contributed by atoms with E-state index in [-0.39, 0.29) is 61.0 Å². The molecular formula is C29H36N2O7S. The Labute approximate surface area is 231 Å². The number of carboxylic acids is 1. The highest BCUT2D eigenvalue weighted by Crippen LogP contribution is 2.67. The lowest BCUT2D eigenvalue weighted by molar-refractivity contribution is -0.260. The van der Waals surface area contributed by atoms with Crippen molar-refractivity contribution in [3.05, 3.63) is 40.4 Å². The Morgan fingerprint density at radius 2 is 2.00 bits per heavy atom. The highest BCUT2D eigenvalue weighted by Gasteiger charge is 2.67. The standard InChI is InChI=1S/C29H36N2O7S/c1-16-15-30-27(39-16)31-23(33)8-4-18-14-29(37,38-25(36)10-9-24(34)35)28(2)12-11-21-20-7-5-19(32)13-17(20)3-6-22(21)26(18)28/h5,7,13,15,18,21-22,26,32,37H,3-4,6,8-12,14H2,1-2H3,(H,34,35)(H,30,31,33)/t18?,21?,22?,26?,28-,29-/m0/s1. The summed E-state index contributed by atoms with van der Waals surface area (Å²) in [7, 11) is 0. The van der Waals surface area contributed by atoms with E-state index in [9.17, 15) is 24.6 Å². The molecule has 1 aromatic carbocycles. The van der Waals surface area contributed by atoms with Gasteiger partial charge in [-0.2, -0.15) is 0 Å². The van der Waals surface area contributed by atoms with Crippen LogP contribution in [0.5, 0.6) is 5.75 Å². The first-order chi connectivity index (χ1) is 18.5. The summed E-state index contributed by atoms with van der Waals surface area (Å²) >= 11 is 1.41. The number of aromatic nitrogens is 1. The largest absolute Gasteiger partial charge is 0.508 e. The molecule has 210 valence electrons. The number of carboxylic acid groups (broad SMARTS) is 1. The van der Waals surface area contributed by atoms with Crippen molar-refractivity contribution in [2.24, 2.45) is 23.2 Å². The lowest BCUT2D eigenvalue weighted by Crippen LogP contribution is -2.53. The van der Waals surface area contributed by atoms with Crippen LogP contribution in [-0.4, -0.2) is 43.9 Å². The van der Waals surface area contributed by atoms with Gasteiger partial charge < -0.3 is 25.4 Å².